The van der Waals surface area contributed by atoms with Crippen LogP contribution in [0, 0.1) is 6.92 Å². The number of ether oxygens (including phenoxy) is 2. The van der Waals surface area contributed by atoms with Gasteiger partial charge in [-0.05, 0) is 52.7 Å². The standard InChI is InChI=1S/C23H28N2O7/c1-12-17(24)16-15(25(12)10-6-7-11-30-13(2)26)9-8-14-18(27)19(28)21(31-20(14)16)22(29)32-23(3,4)5/h8-9,28H,6-7,10-11,24H2,1-5H3. The zero-order chi connectivity index (χ0) is 23.8. The van der Waals surface area contributed by atoms with Crippen LogP contribution in [0.25, 0.3) is 21.9 Å². The summed E-state index contributed by atoms with van der Waals surface area (Å²) in [6.45, 7) is 9.16. The minimum absolute atomic E-state index is 0.112. The van der Waals surface area contributed by atoms with Gasteiger partial charge in [0, 0.05) is 19.2 Å². The summed E-state index contributed by atoms with van der Waals surface area (Å²) in [6, 6.07) is 3.27. The molecule has 32 heavy (non-hydrogen) atoms. The number of nitrogens with zero attached hydrogens (tertiary/aromatic N) is 1. The van der Waals surface area contributed by atoms with Crippen LogP contribution in [0.15, 0.2) is 21.3 Å². The van der Waals surface area contributed by atoms with Crippen molar-refractivity contribution in [3.05, 3.63) is 33.8 Å². The summed E-state index contributed by atoms with van der Waals surface area (Å²) >= 11 is 0. The van der Waals surface area contributed by atoms with Crippen LogP contribution in [0.4, 0.5) is 5.69 Å². The Kier molecular flexibility index (Phi) is 6.20. The summed E-state index contributed by atoms with van der Waals surface area (Å²) in [5, 5.41) is 10.9. The molecule has 0 aliphatic heterocycles. The van der Waals surface area contributed by atoms with E-state index in [4.69, 9.17) is 19.6 Å². The van der Waals surface area contributed by atoms with E-state index in [1.165, 1.54) is 13.0 Å². The highest BCUT2D eigenvalue weighted by atomic mass is 16.6. The number of fused-ring (bicyclic) bond motifs is 3. The normalized spacial score (nSPS) is 11.8. The molecule has 9 nitrogen and oxygen atoms in total. The van der Waals surface area contributed by atoms with Gasteiger partial charge < -0.3 is 29.3 Å². The summed E-state index contributed by atoms with van der Waals surface area (Å²) in [6.07, 6.45) is 1.41. The average molecular weight is 444 g/mol. The number of carbonyl (C=O) groups excluding carboxylic acids is 2. The molecule has 3 N–H and O–H groups in total. The minimum Gasteiger partial charge on any atom is -0.501 e. The van der Waals surface area contributed by atoms with E-state index in [-0.39, 0.29) is 16.9 Å². The monoisotopic (exact) mass is 444 g/mol. The molecule has 1 aromatic carbocycles. The number of rotatable bonds is 6. The Morgan fingerprint density at radius 3 is 2.53 bits per heavy atom. The van der Waals surface area contributed by atoms with Crippen LogP contribution >= 0.6 is 0 Å². The maximum atomic E-state index is 12.8. The highest BCUT2D eigenvalue weighted by Crippen LogP contribution is 2.35. The van der Waals surface area contributed by atoms with Gasteiger partial charge >= 0.3 is 11.9 Å². The predicted molar refractivity (Wildman–Crippen MR) is 120 cm³/mol. The zero-order valence-corrected chi connectivity index (χ0v) is 18.9. The van der Waals surface area contributed by atoms with Gasteiger partial charge in [0.2, 0.25) is 11.2 Å². The Balaban J connectivity index is 2.09. The Labute approximate surface area is 184 Å². The third-order valence-electron chi connectivity index (χ3n) is 5.04. The molecule has 172 valence electrons. The summed E-state index contributed by atoms with van der Waals surface area (Å²) < 4.78 is 18.0. The molecule has 0 atom stereocenters. The fourth-order valence-corrected chi connectivity index (χ4v) is 3.57. The maximum absolute atomic E-state index is 12.8. The zero-order valence-electron chi connectivity index (χ0n) is 18.9. The molecule has 2 aromatic heterocycles. The van der Waals surface area contributed by atoms with Crippen molar-refractivity contribution in [1.82, 2.24) is 4.57 Å². The van der Waals surface area contributed by atoms with Crippen LogP contribution < -0.4 is 11.2 Å². The fourth-order valence-electron chi connectivity index (χ4n) is 3.57. The summed E-state index contributed by atoms with van der Waals surface area (Å²) in [7, 11) is 0. The molecule has 0 unspecified atom stereocenters. The van der Waals surface area contributed by atoms with Crippen LogP contribution in [-0.2, 0) is 20.8 Å². The van der Waals surface area contributed by atoms with Gasteiger partial charge in [0.05, 0.1) is 28.6 Å². The van der Waals surface area contributed by atoms with E-state index in [2.05, 4.69) is 0 Å². The number of aromatic nitrogens is 1. The lowest BCUT2D eigenvalue weighted by atomic mass is 10.1. The fraction of sp³-hybridized carbons (Fsp3) is 0.435. The van der Waals surface area contributed by atoms with Crippen molar-refractivity contribution in [2.45, 2.75) is 59.6 Å². The van der Waals surface area contributed by atoms with Crippen molar-refractivity contribution in [2.24, 2.45) is 0 Å². The minimum atomic E-state index is -0.939. The first-order valence-electron chi connectivity index (χ1n) is 10.4. The molecule has 3 aromatic rings. The Bertz CT molecular complexity index is 1260. The van der Waals surface area contributed by atoms with E-state index in [0.29, 0.717) is 30.6 Å². The molecule has 0 saturated carbocycles. The molecule has 0 saturated heterocycles. The second-order valence-corrected chi connectivity index (χ2v) is 8.65. The van der Waals surface area contributed by atoms with Gasteiger partial charge in [0.1, 0.15) is 5.60 Å². The smallest absolute Gasteiger partial charge is 0.378 e. The number of esters is 2. The van der Waals surface area contributed by atoms with E-state index in [1.807, 2.05) is 11.5 Å². The van der Waals surface area contributed by atoms with Crippen LogP contribution in [0.1, 0.15) is 56.8 Å². The maximum Gasteiger partial charge on any atom is 0.378 e. The van der Waals surface area contributed by atoms with Gasteiger partial charge in [-0.3, -0.25) is 9.59 Å². The first-order valence-corrected chi connectivity index (χ1v) is 10.4. The molecular formula is C23H28N2O7. The Morgan fingerprint density at radius 1 is 1.22 bits per heavy atom. The molecule has 2 heterocycles. The van der Waals surface area contributed by atoms with Crippen molar-refractivity contribution >= 4 is 39.5 Å². The highest BCUT2D eigenvalue weighted by molar-refractivity contribution is 6.11. The molecule has 0 fully saturated rings. The van der Waals surface area contributed by atoms with E-state index in [9.17, 15) is 19.5 Å². The van der Waals surface area contributed by atoms with Crippen molar-refractivity contribution in [3.63, 3.8) is 0 Å². The van der Waals surface area contributed by atoms with Crippen molar-refractivity contribution in [2.75, 3.05) is 12.3 Å². The van der Waals surface area contributed by atoms with Crippen LogP contribution in [0.5, 0.6) is 5.75 Å². The summed E-state index contributed by atoms with van der Waals surface area (Å²) in [5.74, 6) is -2.61. The second kappa shape index (κ2) is 8.57. The number of benzene rings is 1. The number of nitrogen functional groups attached to an aromatic ring is 1. The van der Waals surface area contributed by atoms with Crippen molar-refractivity contribution in [1.29, 1.82) is 0 Å². The third-order valence-corrected chi connectivity index (χ3v) is 5.04. The molecule has 0 radical (unpaired) electrons. The van der Waals surface area contributed by atoms with Crippen molar-refractivity contribution in [3.8, 4) is 5.75 Å². The molecule has 0 aliphatic carbocycles. The van der Waals surface area contributed by atoms with Gasteiger partial charge in [0.25, 0.3) is 5.76 Å². The van der Waals surface area contributed by atoms with E-state index < -0.39 is 28.5 Å². The van der Waals surface area contributed by atoms with Gasteiger partial charge in [0.15, 0.2) is 5.58 Å². The largest absolute Gasteiger partial charge is 0.501 e. The number of aryl methyl sites for hydroxylation is 1. The first kappa shape index (κ1) is 23.2. The number of nitrogens with two attached hydrogens (primary N) is 1. The lowest BCUT2D eigenvalue weighted by Crippen LogP contribution is -2.24. The molecule has 9 heteroatoms. The topological polar surface area (TPSA) is 134 Å². The predicted octanol–water partition coefficient (Wildman–Crippen LogP) is 3.64. The van der Waals surface area contributed by atoms with E-state index in [1.54, 1.807) is 26.8 Å². The van der Waals surface area contributed by atoms with Gasteiger partial charge in [-0.2, -0.15) is 0 Å². The molecular weight excluding hydrogens is 416 g/mol. The van der Waals surface area contributed by atoms with Crippen LogP contribution in [0.3, 0.4) is 0 Å². The number of hydrogen-bond acceptors (Lipinski definition) is 8. The molecule has 0 aliphatic rings. The number of unbranched alkanes of at least 4 members (excludes halogenated alkanes) is 1. The average Bonchev–Trinajstić information content (AvgIpc) is 2.93. The first-order chi connectivity index (χ1) is 14.9. The highest BCUT2D eigenvalue weighted by Gasteiger charge is 2.27. The summed E-state index contributed by atoms with van der Waals surface area (Å²) in [4.78, 5) is 36.2. The molecule has 3 rings (SSSR count). The van der Waals surface area contributed by atoms with Gasteiger partial charge in [-0.15, -0.1) is 0 Å². The van der Waals surface area contributed by atoms with Crippen molar-refractivity contribution < 1.29 is 28.6 Å². The Morgan fingerprint density at radius 2 is 1.91 bits per heavy atom. The van der Waals surface area contributed by atoms with Gasteiger partial charge in [-0.1, -0.05) is 0 Å². The number of aromatic hydroxyl groups is 1. The molecule has 0 bridgehead atoms. The second-order valence-electron chi connectivity index (χ2n) is 8.65. The number of anilines is 1. The number of carbonyl (C=O) groups is 2. The lowest BCUT2D eigenvalue weighted by Gasteiger charge is -2.19. The lowest BCUT2D eigenvalue weighted by molar-refractivity contribution is -0.141. The summed E-state index contributed by atoms with van der Waals surface area (Å²) in [5.41, 5.74) is 6.81. The Hall–Kier alpha value is -3.49. The van der Waals surface area contributed by atoms with Gasteiger partial charge in [-0.25, -0.2) is 4.79 Å². The number of hydrogen-bond donors (Lipinski definition) is 2. The SMILES string of the molecule is CC(=O)OCCCCn1c(C)c(N)c2c3oc(C(=O)OC(C)(C)C)c(O)c(=O)c3ccc21. The molecule has 0 spiro atoms. The van der Waals surface area contributed by atoms with Crippen LogP contribution in [-0.4, -0.2) is 33.8 Å². The van der Waals surface area contributed by atoms with E-state index >= 15 is 0 Å². The molecule has 0 amide bonds. The van der Waals surface area contributed by atoms with E-state index in [0.717, 1.165) is 17.6 Å². The van der Waals surface area contributed by atoms with Crippen LogP contribution in [0.2, 0.25) is 0 Å². The third kappa shape index (κ3) is 4.42. The quantitative estimate of drug-likeness (QED) is 0.435.